The lowest BCUT2D eigenvalue weighted by molar-refractivity contribution is -0.384. The lowest BCUT2D eigenvalue weighted by atomic mass is 10.2. The topological polar surface area (TPSA) is 89.2 Å². The Bertz CT molecular complexity index is 677. The number of non-ortho nitro benzene ring substituents is 1. The molecule has 1 atom stereocenters. The van der Waals surface area contributed by atoms with Gasteiger partial charge in [-0.05, 0) is 12.5 Å². The van der Waals surface area contributed by atoms with Gasteiger partial charge in [-0.25, -0.2) is 0 Å². The third-order valence-electron chi connectivity index (χ3n) is 3.09. The molecule has 0 spiro atoms. The number of thioether (sulfide) groups is 1. The molecule has 0 saturated carbocycles. The molecule has 0 N–H and O–H groups in total. The summed E-state index contributed by atoms with van der Waals surface area (Å²) in [6.07, 6.45) is 0.686. The average molecular weight is 322 g/mol. The Morgan fingerprint density at radius 3 is 3.05 bits per heavy atom. The quantitative estimate of drug-likeness (QED) is 0.634. The summed E-state index contributed by atoms with van der Waals surface area (Å²) in [7, 11) is 0. The lowest BCUT2D eigenvalue weighted by Crippen LogP contribution is -2.27. The first-order valence-corrected chi connectivity index (χ1v) is 7.90. The maximum absolute atomic E-state index is 12.4. The van der Waals surface area contributed by atoms with Gasteiger partial charge in [0, 0.05) is 18.7 Å². The summed E-state index contributed by atoms with van der Waals surface area (Å²) in [6, 6.07) is 6.14. The molecule has 2 heterocycles. The molecule has 7 nitrogen and oxygen atoms in total. The summed E-state index contributed by atoms with van der Waals surface area (Å²) in [5.74, 6) is -0.0457. The maximum Gasteiger partial charge on any atom is 0.271 e. The predicted molar refractivity (Wildman–Crippen MR) is 79.6 cm³/mol. The van der Waals surface area contributed by atoms with E-state index in [1.165, 1.54) is 35.2 Å². The van der Waals surface area contributed by atoms with Gasteiger partial charge in [0.1, 0.15) is 5.51 Å². The predicted octanol–water partition coefficient (Wildman–Crippen LogP) is 2.34. The molecule has 0 radical (unpaired) electrons. The summed E-state index contributed by atoms with van der Waals surface area (Å²) >= 11 is 2.79. The van der Waals surface area contributed by atoms with Crippen molar-refractivity contribution in [1.29, 1.82) is 0 Å². The number of nitrogens with zero attached hydrogens (tertiary/aromatic N) is 4. The fourth-order valence-corrected chi connectivity index (χ4v) is 3.90. The van der Waals surface area contributed by atoms with Gasteiger partial charge in [0.2, 0.25) is 5.91 Å². The summed E-state index contributed by atoms with van der Waals surface area (Å²) in [5.41, 5.74) is 2.18. The number of benzene rings is 1. The van der Waals surface area contributed by atoms with Gasteiger partial charge < -0.3 is 4.90 Å². The number of carbonyl (C=O) groups excluding carboxylic acids is 1. The Hall–Kier alpha value is -2.00. The van der Waals surface area contributed by atoms with Gasteiger partial charge in [0.05, 0.1) is 15.9 Å². The summed E-state index contributed by atoms with van der Waals surface area (Å²) in [5, 5.41) is 18.3. The molecule has 1 aromatic heterocycles. The largest absolute Gasteiger partial charge is 0.311 e. The molecular formula is C12H10N4O3S2. The van der Waals surface area contributed by atoms with Crippen LogP contribution in [0, 0.1) is 10.1 Å². The van der Waals surface area contributed by atoms with Crippen LogP contribution in [0.4, 0.5) is 11.4 Å². The highest BCUT2D eigenvalue weighted by Crippen LogP contribution is 2.34. The highest BCUT2D eigenvalue weighted by molar-refractivity contribution is 8.02. The smallest absolute Gasteiger partial charge is 0.271 e. The van der Waals surface area contributed by atoms with Crippen LogP contribution in [0.5, 0.6) is 0 Å². The van der Waals surface area contributed by atoms with Crippen LogP contribution in [0.2, 0.25) is 0 Å². The summed E-state index contributed by atoms with van der Waals surface area (Å²) in [6.45, 7) is 0.552. The first-order valence-electron chi connectivity index (χ1n) is 6.14. The van der Waals surface area contributed by atoms with Crippen LogP contribution in [0.25, 0.3) is 0 Å². The van der Waals surface area contributed by atoms with Crippen LogP contribution in [0.3, 0.4) is 0 Å². The fourth-order valence-electron chi connectivity index (χ4n) is 2.13. The van der Waals surface area contributed by atoms with E-state index in [0.29, 0.717) is 18.7 Å². The molecular weight excluding hydrogens is 312 g/mol. The zero-order chi connectivity index (χ0) is 14.8. The van der Waals surface area contributed by atoms with Crippen LogP contribution in [0.15, 0.2) is 34.1 Å². The van der Waals surface area contributed by atoms with Crippen molar-refractivity contribution in [2.24, 2.45) is 0 Å². The van der Waals surface area contributed by atoms with Gasteiger partial charge in [-0.2, -0.15) is 0 Å². The molecule has 1 aliphatic heterocycles. The molecule has 21 heavy (non-hydrogen) atoms. The molecule has 3 rings (SSSR count). The number of nitro benzene ring substituents is 1. The van der Waals surface area contributed by atoms with E-state index < -0.39 is 4.92 Å². The van der Waals surface area contributed by atoms with Crippen molar-refractivity contribution in [3.05, 3.63) is 39.9 Å². The van der Waals surface area contributed by atoms with Gasteiger partial charge in [0.25, 0.3) is 5.69 Å². The second kappa shape index (κ2) is 5.78. The van der Waals surface area contributed by atoms with E-state index in [-0.39, 0.29) is 16.8 Å². The standard InChI is InChI=1S/C12H10N4O3S2/c17-11-10(21-12-14-13-7-20-12)4-5-15(11)8-2-1-3-9(6-8)16(18)19/h1-3,6-7,10H,4-5H2/t10-/m1/s1. The normalized spacial score (nSPS) is 18.2. The van der Waals surface area contributed by atoms with Gasteiger partial charge in [-0.15, -0.1) is 10.2 Å². The molecule has 0 aliphatic carbocycles. The van der Waals surface area contributed by atoms with Crippen LogP contribution >= 0.6 is 23.1 Å². The molecule has 0 bridgehead atoms. The van der Waals surface area contributed by atoms with Crippen LogP contribution in [-0.2, 0) is 4.79 Å². The van der Waals surface area contributed by atoms with Gasteiger partial charge in [0.15, 0.2) is 4.34 Å². The van der Waals surface area contributed by atoms with Crippen LogP contribution in [-0.4, -0.2) is 32.8 Å². The number of aromatic nitrogens is 2. The minimum Gasteiger partial charge on any atom is -0.311 e. The van der Waals surface area contributed by atoms with Crippen molar-refractivity contribution in [2.75, 3.05) is 11.4 Å². The van der Waals surface area contributed by atoms with Crippen molar-refractivity contribution in [3.63, 3.8) is 0 Å². The second-order valence-corrected chi connectivity index (χ2v) is 6.65. The first kappa shape index (κ1) is 14.0. The molecule has 1 fully saturated rings. The SMILES string of the molecule is O=C1[C@H](Sc2nncs2)CCN1c1cccc([N+](=O)[O-])c1. The number of amides is 1. The number of hydrogen-bond donors (Lipinski definition) is 0. The minimum absolute atomic E-state index is 0.0134. The first-order chi connectivity index (χ1) is 10.1. The third-order valence-corrected chi connectivity index (χ3v) is 5.16. The van der Waals surface area contributed by atoms with Gasteiger partial charge in [-0.3, -0.25) is 14.9 Å². The molecule has 9 heteroatoms. The molecule has 1 amide bonds. The summed E-state index contributed by atoms with van der Waals surface area (Å²) in [4.78, 5) is 24.3. The Morgan fingerprint density at radius 2 is 2.33 bits per heavy atom. The minimum atomic E-state index is -0.461. The Kier molecular flexibility index (Phi) is 3.84. The van der Waals surface area contributed by atoms with E-state index >= 15 is 0 Å². The van der Waals surface area contributed by atoms with Crippen LogP contribution in [0.1, 0.15) is 6.42 Å². The molecule has 1 aliphatic rings. The highest BCUT2D eigenvalue weighted by atomic mass is 32.2. The molecule has 1 aromatic carbocycles. The zero-order valence-corrected chi connectivity index (χ0v) is 12.3. The van der Waals surface area contributed by atoms with E-state index in [0.717, 1.165) is 4.34 Å². The lowest BCUT2D eigenvalue weighted by Gasteiger charge is -2.16. The number of anilines is 1. The molecule has 1 saturated heterocycles. The number of hydrogen-bond acceptors (Lipinski definition) is 7. The Labute approximate surface area is 128 Å². The number of rotatable bonds is 4. The van der Waals surface area contributed by atoms with Crippen molar-refractivity contribution < 1.29 is 9.72 Å². The fraction of sp³-hybridized carbons (Fsp3) is 0.250. The Balaban J connectivity index is 1.77. The third kappa shape index (κ3) is 2.88. The van der Waals surface area contributed by atoms with Gasteiger partial charge >= 0.3 is 0 Å². The van der Waals surface area contributed by atoms with Crippen molar-refractivity contribution in [2.45, 2.75) is 16.0 Å². The van der Waals surface area contributed by atoms with Crippen molar-refractivity contribution >= 4 is 40.4 Å². The number of nitro groups is 1. The molecule has 2 aromatic rings. The van der Waals surface area contributed by atoms with Gasteiger partial charge in [-0.1, -0.05) is 29.2 Å². The van der Waals surface area contributed by atoms with Crippen LogP contribution < -0.4 is 4.90 Å². The van der Waals surface area contributed by atoms with Crippen molar-refractivity contribution in [3.8, 4) is 0 Å². The summed E-state index contributed by atoms with van der Waals surface area (Å²) < 4.78 is 0.759. The average Bonchev–Trinajstić information content (AvgIpc) is 3.11. The van der Waals surface area contributed by atoms with Crippen molar-refractivity contribution in [1.82, 2.24) is 10.2 Å². The number of carbonyl (C=O) groups is 1. The Morgan fingerprint density at radius 1 is 1.48 bits per heavy atom. The van der Waals surface area contributed by atoms with E-state index in [9.17, 15) is 14.9 Å². The van der Waals surface area contributed by atoms with E-state index in [1.54, 1.807) is 22.5 Å². The second-order valence-electron chi connectivity index (χ2n) is 4.37. The molecule has 108 valence electrons. The molecule has 0 unspecified atom stereocenters. The monoisotopic (exact) mass is 322 g/mol. The maximum atomic E-state index is 12.4. The van der Waals surface area contributed by atoms with E-state index in [2.05, 4.69) is 10.2 Å². The van der Waals surface area contributed by atoms with E-state index in [4.69, 9.17) is 0 Å². The zero-order valence-electron chi connectivity index (χ0n) is 10.7. The highest BCUT2D eigenvalue weighted by Gasteiger charge is 2.34. The van der Waals surface area contributed by atoms with E-state index in [1.807, 2.05) is 0 Å².